The Bertz CT molecular complexity index is 159. The molecular formula is C6H10O4. The van der Waals surface area contributed by atoms with Gasteiger partial charge >= 0.3 is 5.97 Å². The van der Waals surface area contributed by atoms with Gasteiger partial charge in [0.05, 0.1) is 6.42 Å². The molecule has 0 aliphatic carbocycles. The molecule has 2 N–H and O–H groups in total. The molecule has 10 heavy (non-hydrogen) atoms. The summed E-state index contributed by atoms with van der Waals surface area (Å²) >= 11 is 0. The van der Waals surface area contributed by atoms with Gasteiger partial charge in [0.25, 0.3) is 0 Å². The van der Waals surface area contributed by atoms with Crippen LogP contribution in [0.3, 0.4) is 0 Å². The summed E-state index contributed by atoms with van der Waals surface area (Å²) < 4.78 is 0. The molecule has 0 aliphatic heterocycles. The molecule has 0 bridgehead atoms. The van der Waals surface area contributed by atoms with Crippen molar-refractivity contribution >= 4 is 11.8 Å². The quantitative estimate of drug-likeness (QED) is 0.578. The molecular weight excluding hydrogens is 136 g/mol. The highest BCUT2D eigenvalue weighted by molar-refractivity contribution is 5.88. The van der Waals surface area contributed by atoms with Crippen molar-refractivity contribution in [3.63, 3.8) is 0 Å². The van der Waals surface area contributed by atoms with Crippen LogP contribution in [0.15, 0.2) is 0 Å². The summed E-state index contributed by atoms with van der Waals surface area (Å²) in [6.45, 7) is 2.34. The first-order chi connectivity index (χ1) is 4.36. The van der Waals surface area contributed by atoms with Gasteiger partial charge in [-0.3, -0.25) is 9.59 Å². The predicted octanol–water partition coefficient (Wildman–Crippen LogP) is -0.199. The van der Waals surface area contributed by atoms with Gasteiger partial charge in [-0.1, -0.05) is 0 Å². The summed E-state index contributed by atoms with van der Waals surface area (Å²) in [7, 11) is 0. The van der Waals surface area contributed by atoms with Gasteiger partial charge in [-0.25, -0.2) is 0 Å². The van der Waals surface area contributed by atoms with E-state index < -0.39 is 23.8 Å². The van der Waals surface area contributed by atoms with E-state index >= 15 is 0 Å². The van der Waals surface area contributed by atoms with Gasteiger partial charge in [-0.15, -0.1) is 0 Å². The molecule has 0 aromatic carbocycles. The van der Waals surface area contributed by atoms with Crippen molar-refractivity contribution < 1.29 is 19.8 Å². The highest BCUT2D eigenvalue weighted by atomic mass is 16.4. The van der Waals surface area contributed by atoms with Gasteiger partial charge in [-0.2, -0.15) is 0 Å². The van der Waals surface area contributed by atoms with Crippen LogP contribution in [0.5, 0.6) is 0 Å². The number of hydrogen-bond acceptors (Lipinski definition) is 3. The number of hydrogen-bond donors (Lipinski definition) is 2. The second-order valence-corrected chi connectivity index (χ2v) is 2.40. The van der Waals surface area contributed by atoms with Crippen LogP contribution in [0.1, 0.15) is 20.3 Å². The molecule has 58 valence electrons. The molecule has 0 saturated heterocycles. The first kappa shape index (κ1) is 9.10. The number of aliphatic hydroxyl groups is 1. The van der Waals surface area contributed by atoms with Crippen LogP contribution < -0.4 is 0 Å². The van der Waals surface area contributed by atoms with E-state index in [1.165, 1.54) is 6.92 Å². The Kier molecular flexibility index (Phi) is 2.54. The Morgan fingerprint density at radius 3 is 2.00 bits per heavy atom. The fourth-order valence-corrected chi connectivity index (χ4v) is 0.419. The average Bonchev–Trinajstić information content (AvgIpc) is 1.60. The number of carboxylic acids is 1. The first-order valence-electron chi connectivity index (χ1n) is 2.81. The molecule has 0 aromatic rings. The summed E-state index contributed by atoms with van der Waals surface area (Å²) in [5.74, 6) is -1.71. The third-order valence-electron chi connectivity index (χ3n) is 1.25. The molecule has 0 radical (unpaired) electrons. The third-order valence-corrected chi connectivity index (χ3v) is 1.25. The molecule has 4 heteroatoms. The van der Waals surface area contributed by atoms with E-state index in [2.05, 4.69) is 0 Å². The fraction of sp³-hybridized carbons (Fsp3) is 0.667. The van der Waals surface area contributed by atoms with Crippen LogP contribution in [-0.4, -0.2) is 27.6 Å². The molecule has 0 aliphatic rings. The summed E-state index contributed by atoms with van der Waals surface area (Å²) in [4.78, 5) is 20.5. The lowest BCUT2D eigenvalue weighted by atomic mass is 9.98. The van der Waals surface area contributed by atoms with Gasteiger partial charge in [0.2, 0.25) is 0 Å². The minimum atomic E-state index is -1.72. The number of Topliss-reactive ketones (excluding diaryl/α,β-unsaturated/α-hetero) is 1. The molecule has 0 rings (SSSR count). The highest BCUT2D eigenvalue weighted by Gasteiger charge is 2.28. The predicted molar refractivity (Wildman–Crippen MR) is 33.6 cm³/mol. The zero-order valence-corrected chi connectivity index (χ0v) is 5.92. The SMILES string of the molecule is CC(=O)[C@@](C)(O)CC(=O)O. The lowest BCUT2D eigenvalue weighted by Crippen LogP contribution is -2.35. The fourth-order valence-electron chi connectivity index (χ4n) is 0.419. The maximum atomic E-state index is 10.5. The van der Waals surface area contributed by atoms with Crippen molar-refractivity contribution in [3.05, 3.63) is 0 Å². The van der Waals surface area contributed by atoms with Gasteiger partial charge in [0.1, 0.15) is 5.60 Å². The zero-order valence-electron chi connectivity index (χ0n) is 5.92. The molecule has 4 nitrogen and oxygen atoms in total. The zero-order chi connectivity index (χ0) is 8.36. The Balaban J connectivity index is 4.13. The van der Waals surface area contributed by atoms with E-state index in [-0.39, 0.29) is 0 Å². The number of carbonyl (C=O) groups excluding carboxylic acids is 1. The number of carbonyl (C=O) groups is 2. The summed E-state index contributed by atoms with van der Waals surface area (Å²) in [5.41, 5.74) is -1.72. The number of ketones is 1. The summed E-state index contributed by atoms with van der Waals surface area (Å²) in [6.07, 6.45) is -0.539. The Hall–Kier alpha value is -0.900. The summed E-state index contributed by atoms with van der Waals surface area (Å²) in [6, 6.07) is 0. The topological polar surface area (TPSA) is 74.6 Å². The Labute approximate surface area is 58.5 Å². The van der Waals surface area contributed by atoms with Crippen molar-refractivity contribution in [1.82, 2.24) is 0 Å². The molecule has 0 aromatic heterocycles. The maximum Gasteiger partial charge on any atom is 0.306 e. The van der Waals surface area contributed by atoms with Gasteiger partial charge in [-0.05, 0) is 13.8 Å². The molecule has 0 heterocycles. The van der Waals surface area contributed by atoms with Crippen LogP contribution in [0.25, 0.3) is 0 Å². The van der Waals surface area contributed by atoms with Crippen LogP contribution in [0.2, 0.25) is 0 Å². The van der Waals surface area contributed by atoms with Crippen molar-refractivity contribution in [2.24, 2.45) is 0 Å². The van der Waals surface area contributed by atoms with E-state index in [4.69, 9.17) is 10.2 Å². The first-order valence-corrected chi connectivity index (χ1v) is 2.81. The van der Waals surface area contributed by atoms with Crippen molar-refractivity contribution in [1.29, 1.82) is 0 Å². The van der Waals surface area contributed by atoms with E-state index in [9.17, 15) is 9.59 Å². The third kappa shape index (κ3) is 2.59. The van der Waals surface area contributed by atoms with Crippen LogP contribution in [0.4, 0.5) is 0 Å². The minimum absolute atomic E-state index is 0.532. The molecule has 0 unspecified atom stereocenters. The van der Waals surface area contributed by atoms with E-state index in [1.807, 2.05) is 0 Å². The van der Waals surface area contributed by atoms with Crippen LogP contribution in [-0.2, 0) is 9.59 Å². The van der Waals surface area contributed by atoms with Crippen LogP contribution in [0, 0.1) is 0 Å². The van der Waals surface area contributed by atoms with E-state index in [0.29, 0.717) is 0 Å². The molecule has 0 amide bonds. The van der Waals surface area contributed by atoms with Crippen molar-refractivity contribution in [3.8, 4) is 0 Å². The Morgan fingerprint density at radius 2 is 1.90 bits per heavy atom. The highest BCUT2D eigenvalue weighted by Crippen LogP contribution is 2.09. The molecule has 0 saturated carbocycles. The normalized spacial score (nSPS) is 15.9. The summed E-state index contributed by atoms with van der Waals surface area (Å²) in [5, 5.41) is 17.2. The largest absolute Gasteiger partial charge is 0.481 e. The molecule has 0 spiro atoms. The smallest absolute Gasteiger partial charge is 0.306 e. The van der Waals surface area contributed by atoms with Crippen molar-refractivity contribution in [2.75, 3.05) is 0 Å². The number of rotatable bonds is 3. The Morgan fingerprint density at radius 1 is 1.50 bits per heavy atom. The molecule has 1 atom stereocenters. The van der Waals surface area contributed by atoms with Crippen molar-refractivity contribution in [2.45, 2.75) is 25.9 Å². The second-order valence-electron chi connectivity index (χ2n) is 2.40. The number of aliphatic carboxylic acids is 1. The minimum Gasteiger partial charge on any atom is -0.481 e. The van der Waals surface area contributed by atoms with Gasteiger partial charge in [0.15, 0.2) is 5.78 Å². The van der Waals surface area contributed by atoms with E-state index in [1.54, 1.807) is 0 Å². The molecule has 0 fully saturated rings. The lowest BCUT2D eigenvalue weighted by Gasteiger charge is -2.15. The lowest BCUT2D eigenvalue weighted by molar-refractivity contribution is -0.148. The maximum absolute atomic E-state index is 10.5. The monoisotopic (exact) mass is 146 g/mol. The standard InChI is InChI=1S/C6H10O4/c1-4(7)6(2,10)3-5(8)9/h10H,3H2,1-2H3,(H,8,9)/t6-/m0/s1. The average molecular weight is 146 g/mol. The second kappa shape index (κ2) is 2.79. The van der Waals surface area contributed by atoms with Crippen LogP contribution >= 0.6 is 0 Å². The van der Waals surface area contributed by atoms with Gasteiger partial charge < -0.3 is 10.2 Å². The van der Waals surface area contributed by atoms with Gasteiger partial charge in [0, 0.05) is 0 Å². The number of carboxylic acid groups (broad SMARTS) is 1. The van der Waals surface area contributed by atoms with E-state index in [0.717, 1.165) is 6.92 Å².